The monoisotopic (exact) mass is 203 g/mol. The molecule has 0 aliphatic heterocycles. The molecule has 0 spiro atoms. The molecular formula is C11H13N3O. The van der Waals surface area contributed by atoms with Crippen LogP contribution in [-0.2, 0) is 6.42 Å². The molecule has 78 valence electrons. The third kappa shape index (κ3) is 1.70. The molecule has 0 aromatic carbocycles. The minimum Gasteiger partial charge on any atom is -0.367 e. The smallest absolute Gasteiger partial charge is 0.225 e. The van der Waals surface area contributed by atoms with Crippen LogP contribution in [0.3, 0.4) is 0 Å². The summed E-state index contributed by atoms with van der Waals surface area (Å²) < 4.78 is 4.99. The molecule has 15 heavy (non-hydrogen) atoms. The van der Waals surface area contributed by atoms with Crippen molar-refractivity contribution in [1.29, 1.82) is 0 Å². The number of hydrogen-bond acceptors (Lipinski definition) is 4. The Hall–Kier alpha value is -1.84. The SMILES string of the molecule is CCc1c(-c2ccnc(C)c2)noc1N. The second kappa shape index (κ2) is 3.73. The van der Waals surface area contributed by atoms with Crippen LogP contribution in [-0.4, -0.2) is 10.1 Å². The van der Waals surface area contributed by atoms with Crippen molar-refractivity contribution in [1.82, 2.24) is 10.1 Å². The third-order valence-corrected chi connectivity index (χ3v) is 2.34. The van der Waals surface area contributed by atoms with Gasteiger partial charge in [0.2, 0.25) is 5.88 Å². The Labute approximate surface area is 88.1 Å². The molecule has 0 atom stereocenters. The van der Waals surface area contributed by atoms with Crippen molar-refractivity contribution in [2.75, 3.05) is 5.73 Å². The summed E-state index contributed by atoms with van der Waals surface area (Å²) in [6.45, 7) is 3.97. The summed E-state index contributed by atoms with van der Waals surface area (Å²) in [5.41, 5.74) is 9.42. The van der Waals surface area contributed by atoms with Crippen molar-refractivity contribution in [2.24, 2.45) is 0 Å². The fourth-order valence-corrected chi connectivity index (χ4v) is 1.58. The summed E-state index contributed by atoms with van der Waals surface area (Å²) in [6.07, 6.45) is 2.57. The van der Waals surface area contributed by atoms with Gasteiger partial charge in [-0.1, -0.05) is 12.1 Å². The van der Waals surface area contributed by atoms with Gasteiger partial charge < -0.3 is 10.3 Å². The van der Waals surface area contributed by atoms with Crippen LogP contribution < -0.4 is 5.73 Å². The van der Waals surface area contributed by atoms with Crippen LogP contribution >= 0.6 is 0 Å². The lowest BCUT2D eigenvalue weighted by atomic mass is 10.1. The highest BCUT2D eigenvalue weighted by molar-refractivity contribution is 5.66. The Morgan fingerprint density at radius 2 is 2.27 bits per heavy atom. The van der Waals surface area contributed by atoms with Crippen LogP contribution in [0.5, 0.6) is 0 Å². The molecule has 2 aromatic heterocycles. The Morgan fingerprint density at radius 3 is 2.93 bits per heavy atom. The molecule has 2 N–H and O–H groups in total. The first-order valence-electron chi connectivity index (χ1n) is 4.89. The highest BCUT2D eigenvalue weighted by Crippen LogP contribution is 2.27. The zero-order chi connectivity index (χ0) is 10.8. The fourth-order valence-electron chi connectivity index (χ4n) is 1.58. The molecule has 0 saturated carbocycles. The van der Waals surface area contributed by atoms with Gasteiger partial charge in [-0.3, -0.25) is 4.98 Å². The van der Waals surface area contributed by atoms with Gasteiger partial charge in [0.1, 0.15) is 5.69 Å². The number of anilines is 1. The Balaban J connectivity index is 2.54. The molecule has 0 unspecified atom stereocenters. The molecule has 0 saturated heterocycles. The van der Waals surface area contributed by atoms with Crippen LogP contribution in [0.25, 0.3) is 11.3 Å². The van der Waals surface area contributed by atoms with Crippen LogP contribution in [0.2, 0.25) is 0 Å². The summed E-state index contributed by atoms with van der Waals surface area (Å²) in [5, 5.41) is 3.97. The summed E-state index contributed by atoms with van der Waals surface area (Å²) in [5.74, 6) is 0.405. The first-order chi connectivity index (χ1) is 7.22. The number of nitrogens with two attached hydrogens (primary N) is 1. The van der Waals surface area contributed by atoms with Gasteiger partial charge in [0.25, 0.3) is 0 Å². The number of rotatable bonds is 2. The maximum Gasteiger partial charge on any atom is 0.225 e. The number of pyridine rings is 1. The quantitative estimate of drug-likeness (QED) is 0.812. The molecule has 4 nitrogen and oxygen atoms in total. The van der Waals surface area contributed by atoms with Crippen molar-refractivity contribution in [3.63, 3.8) is 0 Å². The number of nitrogens with zero attached hydrogens (tertiary/aromatic N) is 2. The van der Waals surface area contributed by atoms with Crippen LogP contribution in [0.15, 0.2) is 22.9 Å². The van der Waals surface area contributed by atoms with E-state index in [0.717, 1.165) is 28.9 Å². The van der Waals surface area contributed by atoms with Crippen molar-refractivity contribution < 1.29 is 4.52 Å². The van der Waals surface area contributed by atoms with Crippen molar-refractivity contribution in [3.05, 3.63) is 29.6 Å². The average molecular weight is 203 g/mol. The Morgan fingerprint density at radius 1 is 1.47 bits per heavy atom. The summed E-state index contributed by atoms with van der Waals surface area (Å²) in [7, 11) is 0. The van der Waals surface area contributed by atoms with Gasteiger partial charge in [-0.15, -0.1) is 0 Å². The van der Waals surface area contributed by atoms with E-state index in [0.29, 0.717) is 5.88 Å². The maximum absolute atomic E-state index is 5.68. The second-order valence-corrected chi connectivity index (χ2v) is 3.41. The van der Waals surface area contributed by atoms with Crippen LogP contribution in [0.1, 0.15) is 18.2 Å². The zero-order valence-electron chi connectivity index (χ0n) is 8.82. The topological polar surface area (TPSA) is 64.9 Å². The summed E-state index contributed by atoms with van der Waals surface area (Å²) >= 11 is 0. The molecule has 2 rings (SSSR count). The molecule has 0 amide bonds. The van der Waals surface area contributed by atoms with Crippen molar-refractivity contribution in [2.45, 2.75) is 20.3 Å². The zero-order valence-corrected chi connectivity index (χ0v) is 8.82. The number of aryl methyl sites for hydroxylation is 1. The third-order valence-electron chi connectivity index (χ3n) is 2.34. The molecule has 2 aromatic rings. The van der Waals surface area contributed by atoms with E-state index in [9.17, 15) is 0 Å². The number of hydrogen-bond donors (Lipinski definition) is 1. The number of aromatic nitrogens is 2. The van der Waals surface area contributed by atoms with E-state index in [1.165, 1.54) is 0 Å². The van der Waals surface area contributed by atoms with Gasteiger partial charge in [-0.05, 0) is 25.5 Å². The Bertz CT molecular complexity index is 476. The maximum atomic E-state index is 5.68. The van der Waals surface area contributed by atoms with E-state index in [1.54, 1.807) is 6.20 Å². The molecule has 0 fully saturated rings. The van der Waals surface area contributed by atoms with Crippen molar-refractivity contribution in [3.8, 4) is 11.3 Å². The van der Waals surface area contributed by atoms with E-state index >= 15 is 0 Å². The fraction of sp³-hybridized carbons (Fsp3) is 0.273. The van der Waals surface area contributed by atoms with Gasteiger partial charge >= 0.3 is 0 Å². The van der Waals surface area contributed by atoms with Gasteiger partial charge in [0.15, 0.2) is 0 Å². The van der Waals surface area contributed by atoms with Crippen LogP contribution in [0, 0.1) is 6.92 Å². The highest BCUT2D eigenvalue weighted by Gasteiger charge is 2.13. The molecule has 2 heterocycles. The lowest BCUT2D eigenvalue weighted by Crippen LogP contribution is -1.90. The van der Waals surface area contributed by atoms with Gasteiger partial charge in [-0.25, -0.2) is 0 Å². The normalized spacial score (nSPS) is 10.5. The van der Waals surface area contributed by atoms with E-state index in [1.807, 2.05) is 26.0 Å². The predicted molar refractivity (Wildman–Crippen MR) is 58.3 cm³/mol. The van der Waals surface area contributed by atoms with Crippen LogP contribution in [0.4, 0.5) is 5.88 Å². The van der Waals surface area contributed by atoms with Crippen molar-refractivity contribution >= 4 is 5.88 Å². The summed E-state index contributed by atoms with van der Waals surface area (Å²) in [6, 6.07) is 3.87. The predicted octanol–water partition coefficient (Wildman–Crippen LogP) is 2.19. The molecular weight excluding hydrogens is 190 g/mol. The standard InChI is InChI=1S/C11H13N3O/c1-3-9-10(14-15-11(9)12)8-4-5-13-7(2)6-8/h4-6H,3,12H2,1-2H3. The second-order valence-electron chi connectivity index (χ2n) is 3.41. The van der Waals surface area contributed by atoms with E-state index in [4.69, 9.17) is 10.3 Å². The largest absolute Gasteiger partial charge is 0.367 e. The first-order valence-corrected chi connectivity index (χ1v) is 4.89. The van der Waals surface area contributed by atoms with E-state index in [-0.39, 0.29) is 0 Å². The molecule has 0 radical (unpaired) electrons. The van der Waals surface area contributed by atoms with Gasteiger partial charge in [0.05, 0.1) is 0 Å². The average Bonchev–Trinajstić information content (AvgIpc) is 2.59. The minimum atomic E-state index is 0.405. The highest BCUT2D eigenvalue weighted by atomic mass is 16.5. The number of nitrogen functional groups attached to an aromatic ring is 1. The molecule has 0 bridgehead atoms. The summed E-state index contributed by atoms with van der Waals surface area (Å²) in [4.78, 5) is 4.14. The van der Waals surface area contributed by atoms with E-state index in [2.05, 4.69) is 10.1 Å². The van der Waals surface area contributed by atoms with Gasteiger partial charge in [0, 0.05) is 23.0 Å². The first kappa shape index (κ1) is 9.71. The molecule has 4 heteroatoms. The molecule has 0 aliphatic rings. The lowest BCUT2D eigenvalue weighted by Gasteiger charge is -1.99. The minimum absolute atomic E-state index is 0.405. The Kier molecular flexibility index (Phi) is 2.41. The van der Waals surface area contributed by atoms with Gasteiger partial charge in [-0.2, -0.15) is 0 Å². The van der Waals surface area contributed by atoms with E-state index < -0.39 is 0 Å². The molecule has 0 aliphatic carbocycles. The lowest BCUT2D eigenvalue weighted by molar-refractivity contribution is 0.438.